The van der Waals surface area contributed by atoms with Crippen LogP contribution in [0.5, 0.6) is 5.75 Å². The average Bonchev–Trinajstić information content (AvgIpc) is 2.16. The first-order valence-electron chi connectivity index (χ1n) is 6.48. The summed E-state index contributed by atoms with van der Waals surface area (Å²) in [6.07, 6.45) is 2.31. The van der Waals surface area contributed by atoms with Gasteiger partial charge >= 0.3 is 0 Å². The van der Waals surface area contributed by atoms with Crippen LogP contribution >= 0.6 is 15.9 Å². The Kier molecular flexibility index (Phi) is 3.75. The van der Waals surface area contributed by atoms with Crippen molar-refractivity contribution in [3.05, 3.63) is 28.7 Å². The van der Waals surface area contributed by atoms with E-state index in [0.29, 0.717) is 0 Å². The predicted octanol–water partition coefficient (Wildman–Crippen LogP) is 4.14. The summed E-state index contributed by atoms with van der Waals surface area (Å²) in [5.41, 5.74) is 0.237. The van der Waals surface area contributed by atoms with Crippen molar-refractivity contribution >= 4 is 15.9 Å². The molecule has 0 aromatic heterocycles. The van der Waals surface area contributed by atoms with Crippen LogP contribution in [0.2, 0.25) is 0 Å². The average molecular weight is 312 g/mol. The number of halogens is 1. The third-order valence-corrected chi connectivity index (χ3v) is 3.94. The van der Waals surface area contributed by atoms with Crippen molar-refractivity contribution in [1.29, 1.82) is 0 Å². The van der Waals surface area contributed by atoms with Crippen LogP contribution in [-0.4, -0.2) is 17.2 Å². The van der Waals surface area contributed by atoms with Crippen LogP contribution in [-0.2, 0) is 0 Å². The minimum atomic E-state index is 0.119. The van der Waals surface area contributed by atoms with E-state index >= 15 is 0 Å². The van der Waals surface area contributed by atoms with Gasteiger partial charge in [0.05, 0.1) is 4.47 Å². The highest BCUT2D eigenvalue weighted by molar-refractivity contribution is 9.10. The highest BCUT2D eigenvalue weighted by Crippen LogP contribution is 2.33. The lowest BCUT2D eigenvalue weighted by Gasteiger charge is -2.46. The van der Waals surface area contributed by atoms with Crippen LogP contribution < -0.4 is 10.1 Å². The lowest BCUT2D eigenvalue weighted by molar-refractivity contribution is 0.0554. The van der Waals surface area contributed by atoms with Crippen molar-refractivity contribution in [3.63, 3.8) is 0 Å². The standard InChI is InChI=1S/C15H22BrNO/c1-14(2)9-11(10-15(3,4)17-14)18-13-8-6-5-7-12(13)16/h5-8,11,17H,9-10H2,1-4H3. The van der Waals surface area contributed by atoms with Gasteiger partial charge in [0, 0.05) is 23.9 Å². The van der Waals surface area contributed by atoms with E-state index < -0.39 is 0 Å². The molecule has 0 atom stereocenters. The Balaban J connectivity index is 2.12. The molecule has 0 bridgehead atoms. The lowest BCUT2D eigenvalue weighted by atomic mass is 9.81. The Morgan fingerprint density at radius 3 is 2.22 bits per heavy atom. The first-order valence-corrected chi connectivity index (χ1v) is 7.27. The SMILES string of the molecule is CC1(C)CC(Oc2ccccc2Br)CC(C)(C)N1. The number of piperidine rings is 1. The van der Waals surface area contributed by atoms with Crippen molar-refractivity contribution in [2.24, 2.45) is 0 Å². The lowest BCUT2D eigenvalue weighted by Crippen LogP contribution is -2.60. The Labute approximate surface area is 118 Å². The first-order chi connectivity index (χ1) is 8.27. The zero-order chi connectivity index (χ0) is 13.4. The zero-order valence-corrected chi connectivity index (χ0v) is 13.2. The Morgan fingerprint density at radius 1 is 1.11 bits per heavy atom. The molecule has 2 rings (SSSR count). The van der Waals surface area contributed by atoms with Gasteiger partial charge in [-0.2, -0.15) is 0 Å². The normalized spacial score (nSPS) is 22.7. The maximum absolute atomic E-state index is 6.17. The summed E-state index contributed by atoms with van der Waals surface area (Å²) in [5, 5.41) is 3.67. The molecule has 1 N–H and O–H groups in total. The molecule has 100 valence electrons. The van der Waals surface area contributed by atoms with Gasteiger partial charge in [-0.05, 0) is 55.8 Å². The molecule has 1 fully saturated rings. The fourth-order valence-corrected chi connectivity index (χ4v) is 3.41. The second-order valence-corrected chi connectivity index (χ2v) is 7.33. The number of hydrogen-bond donors (Lipinski definition) is 1. The molecule has 1 aromatic carbocycles. The largest absolute Gasteiger partial charge is 0.489 e. The van der Waals surface area contributed by atoms with Crippen molar-refractivity contribution in [3.8, 4) is 5.75 Å². The third kappa shape index (κ3) is 3.48. The molecule has 1 saturated heterocycles. The second kappa shape index (κ2) is 4.86. The van der Waals surface area contributed by atoms with Gasteiger partial charge in [0.25, 0.3) is 0 Å². The molecule has 0 saturated carbocycles. The van der Waals surface area contributed by atoms with E-state index in [4.69, 9.17) is 4.74 Å². The smallest absolute Gasteiger partial charge is 0.133 e. The molecule has 0 aliphatic carbocycles. The molecule has 2 nitrogen and oxygen atoms in total. The molecule has 1 aliphatic rings. The molecular formula is C15H22BrNO. The van der Waals surface area contributed by atoms with Crippen LogP contribution in [0.1, 0.15) is 40.5 Å². The van der Waals surface area contributed by atoms with Gasteiger partial charge < -0.3 is 10.1 Å². The molecule has 3 heteroatoms. The Morgan fingerprint density at radius 2 is 1.67 bits per heavy atom. The predicted molar refractivity (Wildman–Crippen MR) is 79.1 cm³/mol. The van der Waals surface area contributed by atoms with Crippen LogP contribution in [0.3, 0.4) is 0 Å². The van der Waals surface area contributed by atoms with Crippen LogP contribution in [0, 0.1) is 0 Å². The molecule has 1 heterocycles. The maximum Gasteiger partial charge on any atom is 0.133 e. The Hall–Kier alpha value is -0.540. The molecule has 1 aliphatic heterocycles. The molecular weight excluding hydrogens is 290 g/mol. The minimum absolute atomic E-state index is 0.119. The van der Waals surface area contributed by atoms with Crippen LogP contribution in [0.15, 0.2) is 28.7 Å². The highest BCUT2D eigenvalue weighted by atomic mass is 79.9. The summed E-state index contributed by atoms with van der Waals surface area (Å²) < 4.78 is 7.20. The van der Waals surface area contributed by atoms with Crippen LogP contribution in [0.25, 0.3) is 0 Å². The molecule has 0 radical (unpaired) electrons. The van der Waals surface area contributed by atoms with E-state index in [1.165, 1.54) is 0 Å². The first kappa shape index (κ1) is 13.9. The number of para-hydroxylation sites is 1. The second-order valence-electron chi connectivity index (χ2n) is 6.47. The van der Waals surface area contributed by atoms with E-state index in [1.54, 1.807) is 0 Å². The summed E-state index contributed by atoms with van der Waals surface area (Å²) >= 11 is 3.54. The summed E-state index contributed by atoms with van der Waals surface area (Å²) in [4.78, 5) is 0. The molecule has 1 aromatic rings. The van der Waals surface area contributed by atoms with Gasteiger partial charge in [0.2, 0.25) is 0 Å². The quantitative estimate of drug-likeness (QED) is 0.886. The molecule has 0 amide bonds. The topological polar surface area (TPSA) is 21.3 Å². The zero-order valence-electron chi connectivity index (χ0n) is 11.6. The Bertz CT molecular complexity index is 412. The van der Waals surface area contributed by atoms with E-state index in [1.807, 2.05) is 24.3 Å². The van der Waals surface area contributed by atoms with Gasteiger partial charge in [-0.15, -0.1) is 0 Å². The van der Waals surface area contributed by atoms with Crippen molar-refractivity contribution in [2.45, 2.75) is 57.7 Å². The van der Waals surface area contributed by atoms with Gasteiger partial charge in [-0.25, -0.2) is 0 Å². The van der Waals surface area contributed by atoms with Gasteiger partial charge in [0.1, 0.15) is 11.9 Å². The number of benzene rings is 1. The number of hydrogen-bond acceptors (Lipinski definition) is 2. The van der Waals surface area contributed by atoms with Crippen molar-refractivity contribution < 1.29 is 4.74 Å². The summed E-state index contributed by atoms with van der Waals surface area (Å²) in [6, 6.07) is 8.06. The summed E-state index contributed by atoms with van der Waals surface area (Å²) in [5.74, 6) is 0.941. The number of ether oxygens (including phenoxy) is 1. The van der Waals surface area contributed by atoms with Gasteiger partial charge in [-0.1, -0.05) is 12.1 Å². The summed E-state index contributed by atoms with van der Waals surface area (Å²) in [6.45, 7) is 8.96. The van der Waals surface area contributed by atoms with E-state index in [2.05, 4.69) is 48.9 Å². The molecule has 0 spiro atoms. The number of rotatable bonds is 2. The van der Waals surface area contributed by atoms with Crippen molar-refractivity contribution in [1.82, 2.24) is 5.32 Å². The van der Waals surface area contributed by atoms with Crippen molar-refractivity contribution in [2.75, 3.05) is 0 Å². The van der Waals surface area contributed by atoms with Crippen LogP contribution in [0.4, 0.5) is 0 Å². The fourth-order valence-electron chi connectivity index (χ4n) is 3.03. The fraction of sp³-hybridized carbons (Fsp3) is 0.600. The van der Waals surface area contributed by atoms with Gasteiger partial charge in [0.15, 0.2) is 0 Å². The van der Waals surface area contributed by atoms with Gasteiger partial charge in [-0.3, -0.25) is 0 Å². The van der Waals surface area contributed by atoms with E-state index in [9.17, 15) is 0 Å². The van der Waals surface area contributed by atoms with E-state index in [-0.39, 0.29) is 17.2 Å². The van der Waals surface area contributed by atoms with E-state index in [0.717, 1.165) is 23.1 Å². The maximum atomic E-state index is 6.17. The highest BCUT2D eigenvalue weighted by Gasteiger charge is 2.38. The third-order valence-electron chi connectivity index (χ3n) is 3.28. The monoisotopic (exact) mass is 311 g/mol. The number of nitrogens with one attached hydrogen (secondary N) is 1. The molecule has 18 heavy (non-hydrogen) atoms. The molecule has 0 unspecified atom stereocenters. The minimum Gasteiger partial charge on any atom is -0.489 e. The summed E-state index contributed by atoms with van der Waals surface area (Å²) in [7, 11) is 0.